The lowest BCUT2D eigenvalue weighted by Gasteiger charge is -2.34. The molecule has 2 rings (SSSR count). The summed E-state index contributed by atoms with van der Waals surface area (Å²) >= 11 is 6.04. The molecule has 0 radical (unpaired) electrons. The third-order valence-electron chi connectivity index (χ3n) is 3.34. The topological polar surface area (TPSA) is 45.6 Å². The third-order valence-corrected chi connectivity index (χ3v) is 3.68. The largest absolute Gasteiger partial charge is 0.390 e. The molecular formula is C13H19ClN2O2. The fraction of sp³-hybridized carbons (Fsp3) is 0.615. The molecule has 1 aliphatic heterocycles. The monoisotopic (exact) mass is 270 g/mol. The maximum absolute atomic E-state index is 10.2. The van der Waals surface area contributed by atoms with Gasteiger partial charge in [0, 0.05) is 31.9 Å². The molecule has 1 aliphatic rings. The fourth-order valence-electron chi connectivity index (χ4n) is 2.18. The van der Waals surface area contributed by atoms with Crippen molar-refractivity contribution in [1.29, 1.82) is 0 Å². The summed E-state index contributed by atoms with van der Waals surface area (Å²) in [6.45, 7) is 5.51. The summed E-state index contributed by atoms with van der Waals surface area (Å²) in [5.41, 5.74) is 0.913. The van der Waals surface area contributed by atoms with Gasteiger partial charge in [-0.2, -0.15) is 0 Å². The van der Waals surface area contributed by atoms with Gasteiger partial charge in [-0.1, -0.05) is 18.5 Å². The van der Waals surface area contributed by atoms with Gasteiger partial charge in [-0.25, -0.2) is 0 Å². The van der Waals surface area contributed by atoms with Crippen molar-refractivity contribution in [3.63, 3.8) is 0 Å². The van der Waals surface area contributed by atoms with Gasteiger partial charge in [-0.3, -0.25) is 9.88 Å². The second-order valence-electron chi connectivity index (χ2n) is 4.54. The van der Waals surface area contributed by atoms with Crippen molar-refractivity contribution in [3.05, 3.63) is 29.0 Å². The maximum atomic E-state index is 10.2. The Morgan fingerprint density at radius 2 is 2.50 bits per heavy atom. The summed E-state index contributed by atoms with van der Waals surface area (Å²) in [4.78, 5) is 6.22. The number of hydrogen-bond donors (Lipinski definition) is 1. The first-order chi connectivity index (χ1) is 8.70. The van der Waals surface area contributed by atoms with E-state index in [0.29, 0.717) is 18.1 Å². The van der Waals surface area contributed by atoms with E-state index in [9.17, 15) is 5.11 Å². The van der Waals surface area contributed by atoms with Gasteiger partial charge >= 0.3 is 0 Å². The Bertz CT molecular complexity index is 389. The minimum absolute atomic E-state index is 0.136. The van der Waals surface area contributed by atoms with Crippen LogP contribution in [0.5, 0.6) is 0 Å². The number of morpholine rings is 1. The number of ether oxygens (including phenoxy) is 1. The molecule has 100 valence electrons. The predicted octanol–water partition coefficient (Wildman–Crippen LogP) is 1.36. The quantitative estimate of drug-likeness (QED) is 0.897. The number of nitrogens with zero attached hydrogens (tertiary/aromatic N) is 2. The lowest BCUT2D eigenvalue weighted by molar-refractivity contribution is -0.0867. The van der Waals surface area contributed by atoms with Crippen LogP contribution in [-0.2, 0) is 11.2 Å². The van der Waals surface area contributed by atoms with Crippen LogP contribution < -0.4 is 0 Å². The van der Waals surface area contributed by atoms with Crippen LogP contribution in [0.1, 0.15) is 12.5 Å². The Labute approximate surface area is 113 Å². The maximum Gasteiger partial charge on any atom is 0.0964 e. The smallest absolute Gasteiger partial charge is 0.0964 e. The van der Waals surface area contributed by atoms with Crippen LogP contribution >= 0.6 is 11.6 Å². The molecule has 0 spiro atoms. The number of pyridine rings is 1. The Kier molecular flexibility index (Phi) is 4.95. The van der Waals surface area contributed by atoms with E-state index in [1.54, 1.807) is 12.4 Å². The number of rotatable bonds is 4. The lowest BCUT2D eigenvalue weighted by atomic mass is 10.0. The number of halogens is 1. The first kappa shape index (κ1) is 13.7. The molecule has 1 aromatic heterocycles. The van der Waals surface area contributed by atoms with E-state index in [1.807, 2.05) is 6.07 Å². The van der Waals surface area contributed by atoms with Gasteiger partial charge in [0.25, 0.3) is 0 Å². The summed E-state index contributed by atoms with van der Waals surface area (Å²) in [5, 5.41) is 10.8. The molecule has 0 aromatic carbocycles. The zero-order valence-electron chi connectivity index (χ0n) is 10.6. The van der Waals surface area contributed by atoms with Crippen LogP contribution in [0, 0.1) is 0 Å². The summed E-state index contributed by atoms with van der Waals surface area (Å²) < 4.78 is 5.63. The molecule has 4 nitrogen and oxygen atoms in total. The van der Waals surface area contributed by atoms with Gasteiger partial charge in [0.05, 0.1) is 23.8 Å². The summed E-state index contributed by atoms with van der Waals surface area (Å²) in [7, 11) is 0. The lowest BCUT2D eigenvalue weighted by Crippen LogP contribution is -2.48. The normalized spacial score (nSPS) is 22.9. The number of hydrogen-bond acceptors (Lipinski definition) is 4. The highest BCUT2D eigenvalue weighted by atomic mass is 35.5. The molecule has 18 heavy (non-hydrogen) atoms. The van der Waals surface area contributed by atoms with E-state index in [2.05, 4.69) is 16.8 Å². The highest BCUT2D eigenvalue weighted by molar-refractivity contribution is 6.31. The van der Waals surface area contributed by atoms with Crippen molar-refractivity contribution in [2.24, 2.45) is 0 Å². The molecule has 1 fully saturated rings. The van der Waals surface area contributed by atoms with E-state index < -0.39 is 6.10 Å². The molecule has 0 saturated carbocycles. The number of aromatic nitrogens is 1. The van der Waals surface area contributed by atoms with Gasteiger partial charge in [0.2, 0.25) is 0 Å². The predicted molar refractivity (Wildman–Crippen MR) is 70.8 cm³/mol. The van der Waals surface area contributed by atoms with E-state index in [-0.39, 0.29) is 6.10 Å². The van der Waals surface area contributed by atoms with Crippen LogP contribution in [0.25, 0.3) is 0 Å². The number of aliphatic hydroxyl groups excluding tert-OH is 1. The van der Waals surface area contributed by atoms with Crippen LogP contribution in [0.3, 0.4) is 0 Å². The van der Waals surface area contributed by atoms with Crippen molar-refractivity contribution in [2.45, 2.75) is 25.6 Å². The molecule has 0 bridgehead atoms. The second-order valence-corrected chi connectivity index (χ2v) is 4.95. The van der Waals surface area contributed by atoms with Gasteiger partial charge < -0.3 is 9.84 Å². The van der Waals surface area contributed by atoms with Gasteiger partial charge in [0.1, 0.15) is 0 Å². The van der Waals surface area contributed by atoms with Crippen LogP contribution in [0.15, 0.2) is 18.5 Å². The number of likely N-dealkylation sites (N-methyl/N-ethyl adjacent to an activating group) is 1. The van der Waals surface area contributed by atoms with Crippen LogP contribution in [0.4, 0.5) is 0 Å². The minimum Gasteiger partial charge on any atom is -0.390 e. The first-order valence-electron chi connectivity index (χ1n) is 6.31. The van der Waals surface area contributed by atoms with E-state index in [4.69, 9.17) is 16.3 Å². The fourth-order valence-corrected chi connectivity index (χ4v) is 2.37. The Morgan fingerprint density at radius 3 is 3.22 bits per heavy atom. The van der Waals surface area contributed by atoms with Gasteiger partial charge in [-0.05, 0) is 18.2 Å². The zero-order valence-corrected chi connectivity index (χ0v) is 11.3. The molecule has 2 unspecified atom stereocenters. The van der Waals surface area contributed by atoms with Crippen LogP contribution in [-0.4, -0.2) is 53.4 Å². The molecule has 1 N–H and O–H groups in total. The molecule has 2 atom stereocenters. The van der Waals surface area contributed by atoms with Crippen molar-refractivity contribution in [1.82, 2.24) is 9.88 Å². The average Bonchev–Trinajstić information content (AvgIpc) is 2.41. The summed E-state index contributed by atoms with van der Waals surface area (Å²) in [6, 6.07) is 1.84. The minimum atomic E-state index is -0.528. The molecular weight excluding hydrogens is 252 g/mol. The highest BCUT2D eigenvalue weighted by Crippen LogP contribution is 2.18. The first-order valence-corrected chi connectivity index (χ1v) is 6.69. The van der Waals surface area contributed by atoms with Crippen molar-refractivity contribution in [3.8, 4) is 0 Å². The molecule has 0 aliphatic carbocycles. The van der Waals surface area contributed by atoms with Crippen molar-refractivity contribution < 1.29 is 9.84 Å². The zero-order chi connectivity index (χ0) is 13.0. The molecule has 1 saturated heterocycles. The van der Waals surface area contributed by atoms with E-state index in [1.165, 1.54) is 0 Å². The van der Waals surface area contributed by atoms with Gasteiger partial charge in [0.15, 0.2) is 0 Å². The summed E-state index contributed by atoms with van der Waals surface area (Å²) in [5.74, 6) is 0. The van der Waals surface area contributed by atoms with Crippen molar-refractivity contribution in [2.75, 3.05) is 26.2 Å². The SMILES string of the molecule is CCN1CCOC(C(O)Cc2ccncc2Cl)C1. The van der Waals surface area contributed by atoms with E-state index in [0.717, 1.165) is 25.2 Å². The molecule has 2 heterocycles. The standard InChI is InChI=1S/C13H19ClN2O2/c1-2-16-5-6-18-13(9-16)12(17)7-10-3-4-15-8-11(10)14/h3-4,8,12-13,17H,2,5-7,9H2,1H3. The summed E-state index contributed by atoms with van der Waals surface area (Å²) in [6.07, 6.45) is 3.13. The molecule has 0 amide bonds. The second kappa shape index (κ2) is 6.48. The molecule has 5 heteroatoms. The molecule has 1 aromatic rings. The Morgan fingerprint density at radius 1 is 1.67 bits per heavy atom. The van der Waals surface area contributed by atoms with Gasteiger partial charge in [-0.15, -0.1) is 0 Å². The number of aliphatic hydroxyl groups is 1. The van der Waals surface area contributed by atoms with E-state index >= 15 is 0 Å². The average molecular weight is 271 g/mol. The third kappa shape index (κ3) is 3.42. The van der Waals surface area contributed by atoms with Crippen LogP contribution in [0.2, 0.25) is 5.02 Å². The highest BCUT2D eigenvalue weighted by Gasteiger charge is 2.26. The Hall–Kier alpha value is -0.680. The Balaban J connectivity index is 1.95. The van der Waals surface area contributed by atoms with Crippen molar-refractivity contribution >= 4 is 11.6 Å².